The van der Waals surface area contributed by atoms with Crippen molar-refractivity contribution < 1.29 is 18.3 Å². The van der Waals surface area contributed by atoms with Gasteiger partial charge in [0.15, 0.2) is 11.6 Å². The third-order valence-electron chi connectivity index (χ3n) is 6.13. The third kappa shape index (κ3) is 4.30. The number of H-pyrrole nitrogens is 2. The Morgan fingerprint density at radius 3 is 2.69 bits per heavy atom. The Balaban J connectivity index is 1.52. The number of nitrogens with zero attached hydrogens (tertiary/aromatic N) is 1. The number of hydrogen-bond donors (Lipinski definition) is 2. The van der Waals surface area contributed by atoms with Crippen molar-refractivity contribution in [2.45, 2.75) is 17.2 Å². The molecule has 2 heterocycles. The van der Waals surface area contributed by atoms with Crippen LogP contribution in [0.15, 0.2) is 71.9 Å². The van der Waals surface area contributed by atoms with Gasteiger partial charge in [-0.3, -0.25) is 0 Å². The maximum absolute atomic E-state index is 14.9. The monoisotopic (exact) mass is 615 g/mol. The van der Waals surface area contributed by atoms with E-state index in [1.54, 1.807) is 13.1 Å². The van der Waals surface area contributed by atoms with Gasteiger partial charge < -0.3 is 19.5 Å². The van der Waals surface area contributed by atoms with Crippen molar-refractivity contribution in [3.05, 3.63) is 93.5 Å². The van der Waals surface area contributed by atoms with E-state index in [1.807, 2.05) is 36.6 Å². The molecule has 0 saturated carbocycles. The van der Waals surface area contributed by atoms with Gasteiger partial charge in [-0.25, -0.2) is 13.8 Å². The van der Waals surface area contributed by atoms with Gasteiger partial charge in [-0.15, -0.1) is 11.8 Å². The molecule has 0 aliphatic heterocycles. The van der Waals surface area contributed by atoms with Gasteiger partial charge in [0.2, 0.25) is 0 Å². The third-order valence-corrected chi connectivity index (χ3v) is 7.61. The molecular formula is C27H20F2IN3O2S. The molecule has 36 heavy (non-hydrogen) atoms. The molecule has 9 heteroatoms. The van der Waals surface area contributed by atoms with Crippen molar-refractivity contribution in [2.75, 3.05) is 6.26 Å². The molecule has 5 nitrogen and oxygen atoms in total. The first-order valence-corrected chi connectivity index (χ1v) is 13.2. The second-order valence-corrected chi connectivity index (χ2v) is 10.4. The van der Waals surface area contributed by atoms with Gasteiger partial charge in [-0.1, -0.05) is 12.1 Å². The molecule has 2 N–H and O–H groups in total. The number of aldehydes is 1. The minimum absolute atomic E-state index is 0.0690. The van der Waals surface area contributed by atoms with Crippen LogP contribution >= 0.6 is 34.4 Å². The minimum Gasteiger partial charge on any atom is -0.453 e. The molecule has 0 radical (unpaired) electrons. The fraction of sp³-hybridized carbons (Fsp3) is 0.111. The summed E-state index contributed by atoms with van der Waals surface area (Å²) in [4.78, 5) is 23.3. The van der Waals surface area contributed by atoms with Crippen LogP contribution in [0.3, 0.4) is 0 Å². The number of ether oxygens (including phenoxy) is 1. The SMILES string of the molecule is CSc1c(Oc2ccc(F)c(-c3ncc(C(C)(C=O)c4cccc(I)c4)[nH]3)c2)c(F)cc2[nH]ccc12. The number of carbonyl (C=O) groups is 1. The molecule has 1 atom stereocenters. The van der Waals surface area contributed by atoms with Crippen molar-refractivity contribution in [1.29, 1.82) is 0 Å². The maximum atomic E-state index is 14.9. The van der Waals surface area contributed by atoms with E-state index in [1.165, 1.54) is 42.2 Å². The van der Waals surface area contributed by atoms with Crippen LogP contribution in [0.1, 0.15) is 18.2 Å². The van der Waals surface area contributed by atoms with E-state index in [2.05, 4.69) is 37.5 Å². The number of benzene rings is 3. The van der Waals surface area contributed by atoms with Crippen LogP contribution in [0.4, 0.5) is 8.78 Å². The lowest BCUT2D eigenvalue weighted by molar-refractivity contribution is -0.111. The van der Waals surface area contributed by atoms with Crippen molar-refractivity contribution in [1.82, 2.24) is 15.0 Å². The second kappa shape index (κ2) is 9.70. The lowest BCUT2D eigenvalue weighted by Gasteiger charge is -2.22. The number of fused-ring (bicyclic) bond motifs is 1. The molecule has 0 aliphatic carbocycles. The summed E-state index contributed by atoms with van der Waals surface area (Å²) in [6.07, 6.45) is 5.95. The second-order valence-electron chi connectivity index (χ2n) is 8.38. The van der Waals surface area contributed by atoms with Crippen LogP contribution in [0.2, 0.25) is 0 Å². The van der Waals surface area contributed by atoms with Crippen LogP contribution in [0.25, 0.3) is 22.3 Å². The van der Waals surface area contributed by atoms with Gasteiger partial charge in [0.1, 0.15) is 23.7 Å². The number of aromatic amines is 2. The summed E-state index contributed by atoms with van der Waals surface area (Å²) in [5.74, 6) is -0.501. The molecule has 182 valence electrons. The first kappa shape index (κ1) is 24.5. The lowest BCUT2D eigenvalue weighted by atomic mass is 9.81. The van der Waals surface area contributed by atoms with Gasteiger partial charge in [0, 0.05) is 32.9 Å². The fourth-order valence-electron chi connectivity index (χ4n) is 4.11. The molecule has 0 bridgehead atoms. The van der Waals surface area contributed by atoms with E-state index < -0.39 is 17.0 Å². The van der Waals surface area contributed by atoms with Gasteiger partial charge in [0.25, 0.3) is 0 Å². The first-order chi connectivity index (χ1) is 17.3. The van der Waals surface area contributed by atoms with Crippen molar-refractivity contribution >= 4 is 51.5 Å². The molecule has 0 amide bonds. The molecule has 3 aromatic carbocycles. The summed E-state index contributed by atoms with van der Waals surface area (Å²) < 4.78 is 36.7. The number of aromatic nitrogens is 3. The van der Waals surface area contributed by atoms with Gasteiger partial charge in [-0.2, -0.15) is 0 Å². The van der Waals surface area contributed by atoms with Crippen molar-refractivity contribution in [2.24, 2.45) is 0 Å². The summed E-state index contributed by atoms with van der Waals surface area (Å²) in [7, 11) is 0. The average Bonchev–Trinajstić information content (AvgIpc) is 3.55. The van der Waals surface area contributed by atoms with Crippen LogP contribution < -0.4 is 4.74 Å². The Morgan fingerprint density at radius 1 is 1.11 bits per heavy atom. The standard InChI is InChI=1S/C27H20F2IN3O2S/c1-27(14-34,15-4-3-5-16(30)10-15)23-13-32-26(33-23)19-11-17(6-7-20(19)28)35-24-21(29)12-22-18(8-9-31-22)25(24)36-2/h3-14,31H,1-2H3,(H,32,33). The molecule has 5 aromatic rings. The molecule has 0 fully saturated rings. The quantitative estimate of drug-likeness (QED) is 0.113. The minimum atomic E-state index is -1.00. The first-order valence-electron chi connectivity index (χ1n) is 10.9. The zero-order chi connectivity index (χ0) is 25.4. The summed E-state index contributed by atoms with van der Waals surface area (Å²) in [5.41, 5.74) is 1.12. The molecule has 0 saturated heterocycles. The molecule has 2 aromatic heterocycles. The zero-order valence-corrected chi connectivity index (χ0v) is 22.2. The summed E-state index contributed by atoms with van der Waals surface area (Å²) in [6.45, 7) is 1.78. The van der Waals surface area contributed by atoms with E-state index in [9.17, 15) is 13.6 Å². The van der Waals surface area contributed by atoms with E-state index in [0.29, 0.717) is 16.1 Å². The Bertz CT molecular complexity index is 1600. The summed E-state index contributed by atoms with van der Waals surface area (Å²) in [6, 6.07) is 15.0. The van der Waals surface area contributed by atoms with Crippen molar-refractivity contribution in [3.63, 3.8) is 0 Å². The van der Waals surface area contributed by atoms with E-state index in [0.717, 1.165) is 20.8 Å². The highest BCUT2D eigenvalue weighted by Gasteiger charge is 2.31. The Labute approximate surface area is 223 Å². The van der Waals surface area contributed by atoms with E-state index >= 15 is 0 Å². The highest BCUT2D eigenvalue weighted by Crippen LogP contribution is 2.40. The molecule has 5 rings (SSSR count). The predicted molar refractivity (Wildman–Crippen MR) is 146 cm³/mol. The van der Waals surface area contributed by atoms with E-state index in [4.69, 9.17) is 4.74 Å². The molecule has 0 aliphatic rings. The summed E-state index contributed by atoms with van der Waals surface area (Å²) in [5, 5.41) is 0.834. The lowest BCUT2D eigenvalue weighted by Crippen LogP contribution is -2.26. The number of hydrogen-bond acceptors (Lipinski definition) is 4. The largest absolute Gasteiger partial charge is 0.453 e. The molecule has 1 unspecified atom stereocenters. The van der Waals surface area contributed by atoms with Crippen LogP contribution in [-0.2, 0) is 10.2 Å². The van der Waals surface area contributed by atoms with Gasteiger partial charge in [-0.05, 0) is 77.7 Å². The predicted octanol–water partition coefficient (Wildman–Crippen LogP) is 7.46. The van der Waals surface area contributed by atoms with Crippen LogP contribution in [0, 0.1) is 15.2 Å². The molecule has 0 spiro atoms. The number of nitrogens with one attached hydrogen (secondary N) is 2. The average molecular weight is 615 g/mol. The maximum Gasteiger partial charge on any atom is 0.177 e. The number of rotatable bonds is 7. The molecular weight excluding hydrogens is 595 g/mol. The Morgan fingerprint density at radius 2 is 1.94 bits per heavy atom. The zero-order valence-electron chi connectivity index (χ0n) is 19.2. The normalized spacial score (nSPS) is 13.0. The number of carbonyl (C=O) groups excluding carboxylic acids is 1. The number of thioether (sulfide) groups is 1. The Kier molecular flexibility index (Phi) is 6.60. The van der Waals surface area contributed by atoms with Gasteiger partial charge in [0.05, 0.1) is 21.6 Å². The summed E-state index contributed by atoms with van der Waals surface area (Å²) >= 11 is 3.55. The van der Waals surface area contributed by atoms with Gasteiger partial charge >= 0.3 is 0 Å². The smallest absolute Gasteiger partial charge is 0.177 e. The van der Waals surface area contributed by atoms with Crippen LogP contribution in [0.5, 0.6) is 11.5 Å². The number of halogens is 3. The van der Waals surface area contributed by atoms with Crippen LogP contribution in [-0.4, -0.2) is 27.5 Å². The highest BCUT2D eigenvalue weighted by molar-refractivity contribution is 14.1. The topological polar surface area (TPSA) is 70.8 Å². The number of imidazole rings is 1. The highest BCUT2D eigenvalue weighted by atomic mass is 127. The van der Waals surface area contributed by atoms with Crippen molar-refractivity contribution in [3.8, 4) is 22.9 Å². The Hall–Kier alpha value is -3.18. The fourth-order valence-corrected chi connectivity index (χ4v) is 5.37. The van der Waals surface area contributed by atoms with E-state index in [-0.39, 0.29) is 22.9 Å².